The third kappa shape index (κ3) is 3.60. The van der Waals surface area contributed by atoms with Crippen molar-refractivity contribution in [1.29, 1.82) is 0 Å². The Bertz CT molecular complexity index is 547. The molecule has 1 aliphatic heterocycles. The fourth-order valence-corrected chi connectivity index (χ4v) is 4.05. The van der Waals surface area contributed by atoms with Gasteiger partial charge in [-0.05, 0) is 39.8 Å². The lowest BCUT2D eigenvalue weighted by Crippen LogP contribution is -2.41. The van der Waals surface area contributed by atoms with E-state index in [2.05, 4.69) is 9.62 Å². The summed E-state index contributed by atoms with van der Waals surface area (Å²) in [5, 5.41) is 0. The van der Waals surface area contributed by atoms with Gasteiger partial charge in [0.15, 0.2) is 0 Å². The second-order valence-corrected chi connectivity index (χ2v) is 7.05. The number of nitrogens with zero attached hydrogens (tertiary/aromatic N) is 1. The summed E-state index contributed by atoms with van der Waals surface area (Å²) in [6.07, 6.45) is 2.39. The number of nitrogens with two attached hydrogens (primary N) is 1. The van der Waals surface area contributed by atoms with Gasteiger partial charge in [0.2, 0.25) is 10.0 Å². The standard InChI is InChI=1S/C13H23N3O3S/c1-10(9-16-5-3-4-6-16)15-20(17,18)13-7-12(8-14)19-11(13)2/h7,10,15H,3-6,8-9,14H2,1-2H3. The van der Waals surface area contributed by atoms with E-state index in [-0.39, 0.29) is 17.5 Å². The highest BCUT2D eigenvalue weighted by molar-refractivity contribution is 7.89. The first-order valence-corrected chi connectivity index (χ1v) is 8.45. The molecule has 1 aliphatic rings. The molecule has 0 saturated carbocycles. The predicted molar refractivity (Wildman–Crippen MR) is 76.8 cm³/mol. The highest BCUT2D eigenvalue weighted by atomic mass is 32.2. The molecule has 2 heterocycles. The fourth-order valence-electron chi connectivity index (χ4n) is 2.61. The molecule has 114 valence electrons. The van der Waals surface area contributed by atoms with E-state index in [9.17, 15) is 8.42 Å². The van der Waals surface area contributed by atoms with Crippen molar-refractivity contribution in [2.24, 2.45) is 5.73 Å². The van der Waals surface area contributed by atoms with Crippen molar-refractivity contribution in [1.82, 2.24) is 9.62 Å². The number of furan rings is 1. The van der Waals surface area contributed by atoms with Crippen LogP contribution in [-0.4, -0.2) is 39.0 Å². The van der Waals surface area contributed by atoms with Gasteiger partial charge in [0.1, 0.15) is 16.4 Å². The first-order valence-electron chi connectivity index (χ1n) is 6.96. The minimum Gasteiger partial charge on any atom is -0.464 e. The lowest BCUT2D eigenvalue weighted by Gasteiger charge is -2.20. The Morgan fingerprint density at radius 3 is 2.65 bits per heavy atom. The highest BCUT2D eigenvalue weighted by Crippen LogP contribution is 2.20. The second kappa shape index (κ2) is 6.26. The summed E-state index contributed by atoms with van der Waals surface area (Å²) >= 11 is 0. The number of nitrogens with one attached hydrogen (secondary N) is 1. The number of hydrogen-bond acceptors (Lipinski definition) is 5. The maximum Gasteiger partial charge on any atom is 0.244 e. The van der Waals surface area contributed by atoms with Crippen LogP contribution in [0.25, 0.3) is 0 Å². The molecule has 1 fully saturated rings. The molecular formula is C13H23N3O3S. The molecule has 0 spiro atoms. The maximum atomic E-state index is 12.3. The smallest absolute Gasteiger partial charge is 0.244 e. The van der Waals surface area contributed by atoms with Gasteiger partial charge in [0.25, 0.3) is 0 Å². The van der Waals surface area contributed by atoms with E-state index in [0.717, 1.165) is 19.6 Å². The predicted octanol–water partition coefficient (Wildman–Crippen LogP) is 0.809. The van der Waals surface area contributed by atoms with Gasteiger partial charge in [-0.25, -0.2) is 13.1 Å². The Hall–Kier alpha value is -0.890. The van der Waals surface area contributed by atoms with E-state index in [1.807, 2.05) is 6.92 Å². The zero-order valence-electron chi connectivity index (χ0n) is 12.1. The minimum absolute atomic E-state index is 0.131. The molecule has 20 heavy (non-hydrogen) atoms. The minimum atomic E-state index is -3.55. The van der Waals surface area contributed by atoms with Crippen molar-refractivity contribution < 1.29 is 12.8 Å². The first-order chi connectivity index (χ1) is 9.42. The number of aryl methyl sites for hydroxylation is 1. The van der Waals surface area contributed by atoms with Crippen LogP contribution < -0.4 is 10.5 Å². The van der Waals surface area contributed by atoms with Crippen LogP contribution in [0.4, 0.5) is 0 Å². The first kappa shape index (κ1) is 15.5. The summed E-state index contributed by atoms with van der Waals surface area (Å²) in [7, 11) is -3.55. The van der Waals surface area contributed by atoms with Crippen LogP contribution in [0, 0.1) is 6.92 Å². The third-order valence-electron chi connectivity index (χ3n) is 3.50. The Labute approximate surface area is 120 Å². The van der Waals surface area contributed by atoms with Gasteiger partial charge >= 0.3 is 0 Å². The largest absolute Gasteiger partial charge is 0.464 e. The molecule has 0 radical (unpaired) electrons. The van der Waals surface area contributed by atoms with Gasteiger partial charge < -0.3 is 15.1 Å². The average molecular weight is 301 g/mol. The van der Waals surface area contributed by atoms with Crippen LogP contribution in [-0.2, 0) is 16.6 Å². The molecule has 1 unspecified atom stereocenters. The summed E-state index contributed by atoms with van der Waals surface area (Å²) in [5.41, 5.74) is 5.47. The third-order valence-corrected chi connectivity index (χ3v) is 5.20. The van der Waals surface area contributed by atoms with Gasteiger partial charge in [-0.3, -0.25) is 0 Å². The van der Waals surface area contributed by atoms with Gasteiger partial charge in [-0.2, -0.15) is 0 Å². The number of hydrogen-bond donors (Lipinski definition) is 2. The average Bonchev–Trinajstić information content (AvgIpc) is 2.97. The number of rotatable bonds is 6. The topological polar surface area (TPSA) is 88.6 Å². The van der Waals surface area contributed by atoms with E-state index < -0.39 is 10.0 Å². The monoisotopic (exact) mass is 301 g/mol. The molecule has 1 aromatic rings. The van der Waals surface area contributed by atoms with Crippen molar-refractivity contribution in [2.45, 2.75) is 44.2 Å². The van der Waals surface area contributed by atoms with Crippen LogP contribution >= 0.6 is 0 Å². The van der Waals surface area contributed by atoms with Gasteiger partial charge in [0, 0.05) is 18.7 Å². The molecule has 0 aromatic carbocycles. The fraction of sp³-hybridized carbons (Fsp3) is 0.692. The molecule has 1 aromatic heterocycles. The Balaban J connectivity index is 2.03. The van der Waals surface area contributed by atoms with Crippen LogP contribution in [0.5, 0.6) is 0 Å². The number of likely N-dealkylation sites (tertiary alicyclic amines) is 1. The zero-order chi connectivity index (χ0) is 14.8. The lowest BCUT2D eigenvalue weighted by molar-refractivity contribution is 0.312. The molecule has 1 atom stereocenters. The molecule has 0 aliphatic carbocycles. The molecular weight excluding hydrogens is 278 g/mol. The zero-order valence-corrected chi connectivity index (χ0v) is 12.9. The van der Waals surface area contributed by atoms with Crippen molar-refractivity contribution in [3.8, 4) is 0 Å². The Kier molecular flexibility index (Phi) is 4.85. The van der Waals surface area contributed by atoms with Crippen molar-refractivity contribution in [3.05, 3.63) is 17.6 Å². The molecule has 2 rings (SSSR count). The summed E-state index contributed by atoms with van der Waals surface area (Å²) in [6.45, 7) is 6.55. The number of sulfonamides is 1. The van der Waals surface area contributed by atoms with Crippen LogP contribution in [0.1, 0.15) is 31.3 Å². The normalized spacial score (nSPS) is 18.6. The SMILES string of the molecule is Cc1oc(CN)cc1S(=O)(=O)NC(C)CN1CCCC1. The van der Waals surface area contributed by atoms with E-state index >= 15 is 0 Å². The van der Waals surface area contributed by atoms with Gasteiger partial charge in [0.05, 0.1) is 6.54 Å². The summed E-state index contributed by atoms with van der Waals surface area (Å²) in [6, 6.07) is 1.37. The molecule has 1 saturated heterocycles. The quantitative estimate of drug-likeness (QED) is 0.811. The molecule has 0 amide bonds. The van der Waals surface area contributed by atoms with E-state index in [4.69, 9.17) is 10.2 Å². The molecule has 0 bridgehead atoms. The highest BCUT2D eigenvalue weighted by Gasteiger charge is 2.24. The van der Waals surface area contributed by atoms with Crippen LogP contribution in [0.15, 0.2) is 15.4 Å². The van der Waals surface area contributed by atoms with E-state index in [0.29, 0.717) is 11.5 Å². The lowest BCUT2D eigenvalue weighted by atomic mass is 10.3. The van der Waals surface area contributed by atoms with Crippen LogP contribution in [0.2, 0.25) is 0 Å². The second-order valence-electron chi connectivity index (χ2n) is 5.37. The Morgan fingerprint density at radius 2 is 2.10 bits per heavy atom. The summed E-state index contributed by atoms with van der Waals surface area (Å²) in [4.78, 5) is 2.46. The van der Waals surface area contributed by atoms with Crippen LogP contribution in [0.3, 0.4) is 0 Å². The van der Waals surface area contributed by atoms with E-state index in [1.54, 1.807) is 6.92 Å². The van der Waals surface area contributed by atoms with Crippen molar-refractivity contribution in [2.75, 3.05) is 19.6 Å². The van der Waals surface area contributed by atoms with Gasteiger partial charge in [-0.15, -0.1) is 0 Å². The Morgan fingerprint density at radius 1 is 1.45 bits per heavy atom. The molecule has 6 nitrogen and oxygen atoms in total. The van der Waals surface area contributed by atoms with Crippen molar-refractivity contribution >= 4 is 10.0 Å². The van der Waals surface area contributed by atoms with Crippen molar-refractivity contribution in [3.63, 3.8) is 0 Å². The summed E-state index contributed by atoms with van der Waals surface area (Å²) < 4.78 is 32.7. The molecule has 7 heteroatoms. The maximum absolute atomic E-state index is 12.3. The molecule has 3 N–H and O–H groups in total. The summed E-state index contributed by atoms with van der Waals surface area (Å²) in [5.74, 6) is 0.862. The van der Waals surface area contributed by atoms with E-state index in [1.165, 1.54) is 18.9 Å². The van der Waals surface area contributed by atoms with Gasteiger partial charge in [-0.1, -0.05) is 0 Å².